The topological polar surface area (TPSA) is 46.9 Å². The second-order valence-corrected chi connectivity index (χ2v) is 5.63. The lowest BCUT2D eigenvalue weighted by Crippen LogP contribution is -2.19. The van der Waals surface area contributed by atoms with E-state index in [1.54, 1.807) is 0 Å². The van der Waals surface area contributed by atoms with Crippen LogP contribution in [0.25, 0.3) is 10.9 Å². The van der Waals surface area contributed by atoms with Gasteiger partial charge >= 0.3 is 0 Å². The van der Waals surface area contributed by atoms with Gasteiger partial charge in [-0.2, -0.15) is 0 Å². The number of carbonyl (C=O) groups is 1. The van der Waals surface area contributed by atoms with Gasteiger partial charge in [0.05, 0.1) is 5.69 Å². The Kier molecular flexibility index (Phi) is 3.28. The zero-order valence-corrected chi connectivity index (χ0v) is 12.2. The average molecular weight is 285 g/mol. The van der Waals surface area contributed by atoms with Gasteiger partial charge in [0.25, 0.3) is 0 Å². The number of nitrogens with one attached hydrogen (secondary N) is 1. The number of benzene rings is 1. The molecule has 0 unspecified atom stereocenters. The van der Waals surface area contributed by atoms with Gasteiger partial charge in [0, 0.05) is 16.6 Å². The lowest BCUT2D eigenvalue weighted by Gasteiger charge is -2.07. The van der Waals surface area contributed by atoms with E-state index in [0.717, 1.165) is 22.3 Å². The summed E-state index contributed by atoms with van der Waals surface area (Å²) < 4.78 is 2.02. The van der Waals surface area contributed by atoms with Crippen LogP contribution < -0.4 is 5.32 Å². The van der Waals surface area contributed by atoms with Crippen molar-refractivity contribution in [3.8, 4) is 0 Å². The van der Waals surface area contributed by atoms with Crippen LogP contribution in [0.2, 0.25) is 0 Å². The Morgan fingerprint density at radius 3 is 2.90 bits per heavy atom. The second kappa shape index (κ2) is 5.09. The van der Waals surface area contributed by atoms with Crippen molar-refractivity contribution < 1.29 is 4.79 Å². The second-order valence-electron chi connectivity index (χ2n) is 4.77. The molecule has 0 bridgehead atoms. The van der Waals surface area contributed by atoms with Crippen molar-refractivity contribution in [1.29, 1.82) is 0 Å². The third kappa shape index (κ3) is 2.44. The minimum atomic E-state index is -0.0520. The van der Waals surface area contributed by atoms with E-state index in [2.05, 4.69) is 22.4 Å². The van der Waals surface area contributed by atoms with Crippen LogP contribution in [0.4, 0.5) is 5.13 Å². The molecule has 0 fully saturated rings. The van der Waals surface area contributed by atoms with Gasteiger partial charge in [0.1, 0.15) is 6.54 Å². The molecule has 0 aliphatic carbocycles. The van der Waals surface area contributed by atoms with Gasteiger partial charge in [0.15, 0.2) is 5.13 Å². The highest BCUT2D eigenvalue weighted by molar-refractivity contribution is 7.13. The highest BCUT2D eigenvalue weighted by Gasteiger charge is 2.10. The number of hydrogen-bond donors (Lipinski definition) is 1. The normalized spacial score (nSPS) is 10.9. The predicted molar refractivity (Wildman–Crippen MR) is 82.2 cm³/mol. The lowest BCUT2D eigenvalue weighted by atomic mass is 10.2. The van der Waals surface area contributed by atoms with Gasteiger partial charge in [0.2, 0.25) is 5.91 Å². The molecule has 0 saturated carbocycles. The fourth-order valence-electron chi connectivity index (χ4n) is 2.27. The van der Waals surface area contributed by atoms with Gasteiger partial charge in [-0.3, -0.25) is 4.79 Å². The first-order valence-corrected chi connectivity index (χ1v) is 7.28. The summed E-state index contributed by atoms with van der Waals surface area (Å²) in [5.74, 6) is -0.0520. The molecule has 0 radical (unpaired) electrons. The van der Waals surface area contributed by atoms with Gasteiger partial charge in [-0.05, 0) is 31.4 Å². The molecule has 3 rings (SSSR count). The van der Waals surface area contributed by atoms with Crippen LogP contribution in [0.3, 0.4) is 0 Å². The van der Waals surface area contributed by atoms with Gasteiger partial charge in [-0.1, -0.05) is 18.2 Å². The van der Waals surface area contributed by atoms with E-state index in [-0.39, 0.29) is 5.91 Å². The molecule has 0 spiro atoms. The number of nitrogens with zero attached hydrogens (tertiary/aromatic N) is 2. The highest BCUT2D eigenvalue weighted by atomic mass is 32.1. The number of anilines is 1. The molecule has 1 amide bonds. The number of rotatable bonds is 3. The summed E-state index contributed by atoms with van der Waals surface area (Å²) in [6.07, 6.45) is 0. The molecule has 4 nitrogen and oxygen atoms in total. The minimum Gasteiger partial charge on any atom is -0.335 e. The van der Waals surface area contributed by atoms with E-state index in [9.17, 15) is 4.79 Å². The van der Waals surface area contributed by atoms with Crippen molar-refractivity contribution in [2.75, 3.05) is 5.32 Å². The van der Waals surface area contributed by atoms with Crippen LogP contribution >= 0.6 is 11.3 Å². The maximum Gasteiger partial charge on any atom is 0.246 e. The van der Waals surface area contributed by atoms with Crippen LogP contribution in [0, 0.1) is 13.8 Å². The molecular formula is C15H15N3OS. The molecule has 0 saturated heterocycles. The molecule has 2 heterocycles. The van der Waals surface area contributed by atoms with Crippen LogP contribution in [0.1, 0.15) is 11.4 Å². The van der Waals surface area contributed by atoms with Crippen molar-refractivity contribution in [3.05, 3.63) is 47.1 Å². The molecule has 5 heteroatoms. The Bertz CT molecular complexity index is 772. The van der Waals surface area contributed by atoms with E-state index >= 15 is 0 Å². The Hall–Kier alpha value is -2.14. The molecule has 2 aromatic heterocycles. The van der Waals surface area contributed by atoms with E-state index in [1.807, 2.05) is 42.0 Å². The highest BCUT2D eigenvalue weighted by Crippen LogP contribution is 2.20. The fourth-order valence-corrected chi connectivity index (χ4v) is 2.98. The third-order valence-electron chi connectivity index (χ3n) is 3.18. The summed E-state index contributed by atoms with van der Waals surface area (Å²) in [4.78, 5) is 16.4. The number of carbonyl (C=O) groups excluding carboxylic acids is 1. The number of hydrogen-bond acceptors (Lipinski definition) is 3. The van der Waals surface area contributed by atoms with Crippen LogP contribution in [-0.4, -0.2) is 15.5 Å². The molecule has 0 atom stereocenters. The van der Waals surface area contributed by atoms with E-state index in [0.29, 0.717) is 11.7 Å². The van der Waals surface area contributed by atoms with E-state index < -0.39 is 0 Å². The maximum absolute atomic E-state index is 12.1. The van der Waals surface area contributed by atoms with Gasteiger partial charge < -0.3 is 9.88 Å². The zero-order valence-electron chi connectivity index (χ0n) is 11.4. The molecule has 102 valence electrons. The summed E-state index contributed by atoms with van der Waals surface area (Å²) in [7, 11) is 0. The lowest BCUT2D eigenvalue weighted by molar-refractivity contribution is -0.116. The van der Waals surface area contributed by atoms with Gasteiger partial charge in [-0.15, -0.1) is 11.3 Å². The summed E-state index contributed by atoms with van der Waals surface area (Å²) in [5, 5.41) is 6.57. The van der Waals surface area contributed by atoms with Crippen molar-refractivity contribution in [3.63, 3.8) is 0 Å². The van der Waals surface area contributed by atoms with E-state index in [4.69, 9.17) is 0 Å². The summed E-state index contributed by atoms with van der Waals surface area (Å²) in [5.41, 5.74) is 3.08. The zero-order chi connectivity index (χ0) is 14.1. The van der Waals surface area contributed by atoms with Crippen LogP contribution in [0.15, 0.2) is 35.7 Å². The first-order valence-electron chi connectivity index (χ1n) is 6.40. The van der Waals surface area contributed by atoms with Crippen LogP contribution in [0.5, 0.6) is 0 Å². The quantitative estimate of drug-likeness (QED) is 0.802. The predicted octanol–water partition coefficient (Wildman–Crippen LogP) is 3.35. The Balaban J connectivity index is 1.82. The Labute approximate surface area is 121 Å². The van der Waals surface area contributed by atoms with Crippen molar-refractivity contribution in [1.82, 2.24) is 9.55 Å². The third-order valence-corrected chi connectivity index (χ3v) is 4.06. The van der Waals surface area contributed by atoms with Crippen LogP contribution in [-0.2, 0) is 11.3 Å². The summed E-state index contributed by atoms with van der Waals surface area (Å²) in [6, 6.07) is 10.2. The molecule has 20 heavy (non-hydrogen) atoms. The number of thiazole rings is 1. The Morgan fingerprint density at radius 2 is 2.15 bits per heavy atom. The van der Waals surface area contributed by atoms with Crippen molar-refractivity contribution in [2.24, 2.45) is 0 Å². The molecule has 1 N–H and O–H groups in total. The SMILES string of the molecule is Cc1csc(NC(=O)Cn2c(C)cc3ccccc32)n1. The molecule has 0 aliphatic heterocycles. The standard InChI is InChI=1S/C15H15N3OS/c1-10-9-20-15(16-10)17-14(19)8-18-11(2)7-12-5-3-4-6-13(12)18/h3-7,9H,8H2,1-2H3,(H,16,17,19). The number of para-hydroxylation sites is 1. The number of fused-ring (bicyclic) bond motifs is 1. The molecule has 0 aliphatic rings. The largest absolute Gasteiger partial charge is 0.335 e. The number of aromatic nitrogens is 2. The first kappa shape index (κ1) is 12.9. The average Bonchev–Trinajstić information content (AvgIpc) is 2.94. The first-order chi connectivity index (χ1) is 9.63. The summed E-state index contributed by atoms with van der Waals surface area (Å²) in [6.45, 7) is 4.23. The summed E-state index contributed by atoms with van der Waals surface area (Å²) >= 11 is 1.45. The number of amides is 1. The fraction of sp³-hybridized carbons (Fsp3) is 0.200. The molecular weight excluding hydrogens is 270 g/mol. The number of aryl methyl sites for hydroxylation is 2. The minimum absolute atomic E-state index is 0.0520. The monoisotopic (exact) mass is 285 g/mol. The Morgan fingerprint density at radius 1 is 1.35 bits per heavy atom. The maximum atomic E-state index is 12.1. The van der Waals surface area contributed by atoms with Crippen molar-refractivity contribution in [2.45, 2.75) is 20.4 Å². The molecule has 1 aromatic carbocycles. The van der Waals surface area contributed by atoms with Gasteiger partial charge in [-0.25, -0.2) is 4.98 Å². The molecule has 3 aromatic rings. The smallest absolute Gasteiger partial charge is 0.246 e. The van der Waals surface area contributed by atoms with E-state index in [1.165, 1.54) is 11.3 Å². The van der Waals surface area contributed by atoms with Crippen molar-refractivity contribution >= 4 is 33.3 Å².